The highest BCUT2D eigenvalue weighted by molar-refractivity contribution is 6.31. The van der Waals surface area contributed by atoms with E-state index in [0.29, 0.717) is 25.2 Å². The molecule has 0 bridgehead atoms. The molecular weight excluding hydrogens is 411 g/mol. The van der Waals surface area contributed by atoms with Gasteiger partial charge in [0, 0.05) is 24.6 Å². The van der Waals surface area contributed by atoms with Crippen LogP contribution in [0.15, 0.2) is 24.4 Å². The summed E-state index contributed by atoms with van der Waals surface area (Å²) < 4.78 is 20.9. The summed E-state index contributed by atoms with van der Waals surface area (Å²) in [5.41, 5.74) is 1.58. The Kier molecular flexibility index (Phi) is 5.32. The Labute approximate surface area is 179 Å². The van der Waals surface area contributed by atoms with E-state index in [1.165, 1.54) is 18.2 Å². The number of carbonyl (C=O) groups excluding carboxylic acids is 2. The predicted molar refractivity (Wildman–Crippen MR) is 111 cm³/mol. The van der Waals surface area contributed by atoms with Crippen LogP contribution in [0.2, 0.25) is 5.02 Å². The van der Waals surface area contributed by atoms with Crippen LogP contribution in [0, 0.1) is 17.7 Å². The van der Waals surface area contributed by atoms with Crippen LogP contribution >= 0.6 is 11.6 Å². The van der Waals surface area contributed by atoms with E-state index in [9.17, 15) is 14.0 Å². The van der Waals surface area contributed by atoms with Gasteiger partial charge < -0.3 is 15.0 Å². The number of morpholine rings is 1. The van der Waals surface area contributed by atoms with Crippen LogP contribution in [-0.4, -0.2) is 40.3 Å². The normalized spacial score (nSPS) is 23.2. The lowest BCUT2D eigenvalue weighted by atomic mass is 9.85. The van der Waals surface area contributed by atoms with Gasteiger partial charge in [-0.3, -0.25) is 14.3 Å². The average molecular weight is 435 g/mol. The third-order valence-electron chi connectivity index (χ3n) is 5.73. The first-order valence-corrected chi connectivity index (χ1v) is 10.3. The van der Waals surface area contributed by atoms with Crippen molar-refractivity contribution in [1.82, 2.24) is 9.78 Å². The quantitative estimate of drug-likeness (QED) is 0.804. The summed E-state index contributed by atoms with van der Waals surface area (Å²) in [6.45, 7) is 6.88. The fourth-order valence-corrected chi connectivity index (χ4v) is 4.21. The molecule has 2 atom stereocenters. The van der Waals surface area contributed by atoms with E-state index < -0.39 is 11.4 Å². The lowest BCUT2D eigenvalue weighted by Gasteiger charge is -2.38. The topological polar surface area (TPSA) is 76.5 Å². The molecule has 0 saturated carbocycles. The number of amides is 2. The molecule has 0 spiro atoms. The molecule has 1 unspecified atom stereocenters. The molecule has 2 aromatic rings. The number of hydrogen-bond acceptors (Lipinski definition) is 4. The second kappa shape index (κ2) is 7.67. The van der Waals surface area contributed by atoms with E-state index in [0.717, 1.165) is 11.4 Å². The van der Waals surface area contributed by atoms with Gasteiger partial charge in [-0.15, -0.1) is 0 Å². The van der Waals surface area contributed by atoms with E-state index in [-0.39, 0.29) is 35.3 Å². The van der Waals surface area contributed by atoms with Gasteiger partial charge in [0.05, 0.1) is 34.7 Å². The zero-order valence-corrected chi connectivity index (χ0v) is 17.9. The van der Waals surface area contributed by atoms with Crippen molar-refractivity contribution < 1.29 is 18.7 Å². The fraction of sp³-hybridized carbons (Fsp3) is 0.476. The second-order valence-electron chi connectivity index (χ2n) is 8.59. The van der Waals surface area contributed by atoms with Gasteiger partial charge in [-0.25, -0.2) is 4.39 Å². The zero-order chi connectivity index (χ0) is 21.6. The number of nitrogens with one attached hydrogen (secondary N) is 1. The molecule has 1 N–H and O–H groups in total. The summed E-state index contributed by atoms with van der Waals surface area (Å²) in [5, 5.41) is 7.25. The highest BCUT2D eigenvalue weighted by Crippen LogP contribution is 2.34. The monoisotopic (exact) mass is 434 g/mol. The van der Waals surface area contributed by atoms with Crippen LogP contribution in [0.3, 0.4) is 0 Å². The van der Waals surface area contributed by atoms with Crippen molar-refractivity contribution >= 4 is 34.8 Å². The number of anilines is 2. The number of fused-ring (bicyclic) bond motifs is 1. The Bertz CT molecular complexity index is 1010. The van der Waals surface area contributed by atoms with Gasteiger partial charge in [-0.2, -0.15) is 5.10 Å². The molecule has 1 aromatic heterocycles. The van der Waals surface area contributed by atoms with Gasteiger partial charge in [-0.05, 0) is 38.0 Å². The first-order valence-electron chi connectivity index (χ1n) is 9.89. The van der Waals surface area contributed by atoms with Crippen LogP contribution in [0.1, 0.15) is 26.5 Å². The zero-order valence-electron chi connectivity index (χ0n) is 17.1. The summed E-state index contributed by atoms with van der Waals surface area (Å²) in [6, 6.07) is 4.10. The lowest BCUT2D eigenvalue weighted by molar-refractivity contribution is -0.135. The Morgan fingerprint density at radius 2 is 2.17 bits per heavy atom. The minimum Gasteiger partial charge on any atom is -0.364 e. The minimum atomic E-state index is -0.535. The third kappa shape index (κ3) is 3.94. The smallest absolute Gasteiger partial charge is 0.253 e. The lowest BCUT2D eigenvalue weighted by Crippen LogP contribution is -2.52. The van der Waals surface area contributed by atoms with E-state index in [4.69, 9.17) is 16.3 Å². The van der Waals surface area contributed by atoms with Crippen molar-refractivity contribution in [3.63, 3.8) is 0 Å². The van der Waals surface area contributed by atoms with Gasteiger partial charge in [0.1, 0.15) is 12.4 Å². The fourth-order valence-electron chi connectivity index (χ4n) is 4.03. The molecule has 1 aromatic carbocycles. The molecule has 3 heterocycles. The molecular formula is C21H24ClFN4O3. The maximum atomic E-state index is 13.4. The molecule has 9 heteroatoms. The van der Waals surface area contributed by atoms with Crippen molar-refractivity contribution in [1.29, 1.82) is 0 Å². The molecule has 1 saturated heterocycles. The van der Waals surface area contributed by atoms with Gasteiger partial charge >= 0.3 is 0 Å². The van der Waals surface area contributed by atoms with E-state index in [1.807, 2.05) is 25.5 Å². The van der Waals surface area contributed by atoms with Crippen LogP contribution in [0.5, 0.6) is 0 Å². The summed E-state index contributed by atoms with van der Waals surface area (Å²) in [6.07, 6.45) is 2.14. The summed E-state index contributed by atoms with van der Waals surface area (Å²) in [7, 11) is 0. The minimum absolute atomic E-state index is 0.0171. The molecule has 0 radical (unpaired) electrons. The number of benzene rings is 1. The number of ether oxygens (including phenoxy) is 1. The van der Waals surface area contributed by atoms with Crippen LogP contribution in [0.25, 0.3) is 0 Å². The van der Waals surface area contributed by atoms with E-state index in [1.54, 1.807) is 11.1 Å². The predicted octanol–water partition coefficient (Wildman–Crippen LogP) is 3.26. The first-order chi connectivity index (χ1) is 14.1. The number of rotatable bonds is 3. The van der Waals surface area contributed by atoms with Gasteiger partial charge in [0.25, 0.3) is 5.91 Å². The highest BCUT2D eigenvalue weighted by atomic mass is 35.5. The average Bonchev–Trinajstić information content (AvgIpc) is 3.08. The third-order valence-corrected chi connectivity index (χ3v) is 6.02. The molecule has 0 aliphatic carbocycles. The van der Waals surface area contributed by atoms with Gasteiger partial charge in [-0.1, -0.05) is 18.5 Å². The first kappa shape index (κ1) is 20.8. The molecule has 1 fully saturated rings. The Balaban J connectivity index is 1.56. The van der Waals surface area contributed by atoms with Crippen molar-refractivity contribution in [3.8, 4) is 0 Å². The van der Waals surface area contributed by atoms with Crippen molar-refractivity contribution in [2.75, 3.05) is 23.4 Å². The van der Waals surface area contributed by atoms with Gasteiger partial charge in [0.2, 0.25) is 5.91 Å². The second-order valence-corrected chi connectivity index (χ2v) is 9.00. The van der Waals surface area contributed by atoms with Gasteiger partial charge in [0.15, 0.2) is 0 Å². The SMILES string of the molecule is C[C@@H]1Cn2ncc(N3CC(C)(C)OCC3=O)c2CC1C(=O)Nc1ccc(F)c(Cl)c1. The molecule has 160 valence electrons. The number of hydrogen-bond donors (Lipinski definition) is 1. The van der Waals surface area contributed by atoms with Crippen LogP contribution < -0.4 is 10.2 Å². The largest absolute Gasteiger partial charge is 0.364 e. The van der Waals surface area contributed by atoms with E-state index >= 15 is 0 Å². The summed E-state index contributed by atoms with van der Waals surface area (Å²) in [5.74, 6) is -1.10. The number of carbonyl (C=O) groups is 2. The van der Waals surface area contributed by atoms with Crippen LogP contribution in [0.4, 0.5) is 15.8 Å². The Morgan fingerprint density at radius 3 is 2.90 bits per heavy atom. The Hall–Kier alpha value is -2.45. The Morgan fingerprint density at radius 1 is 1.40 bits per heavy atom. The molecule has 30 heavy (non-hydrogen) atoms. The molecule has 2 amide bonds. The van der Waals surface area contributed by atoms with Crippen molar-refractivity contribution in [2.45, 2.75) is 39.3 Å². The highest BCUT2D eigenvalue weighted by Gasteiger charge is 2.38. The standard InChI is InChI=1S/C21H24ClFN4O3/c1-12-9-27-17(18(8-24-27)26-11-21(2,3)30-10-19(26)28)7-14(12)20(29)25-13-4-5-16(23)15(22)6-13/h4-6,8,12,14H,7,9-11H2,1-3H3,(H,25,29)/t12-,14?/m1/s1. The number of nitrogens with zero attached hydrogens (tertiary/aromatic N) is 3. The maximum Gasteiger partial charge on any atom is 0.253 e. The molecule has 2 aliphatic rings. The maximum absolute atomic E-state index is 13.4. The van der Waals surface area contributed by atoms with Crippen molar-refractivity contribution in [3.05, 3.63) is 40.9 Å². The van der Waals surface area contributed by atoms with E-state index in [2.05, 4.69) is 10.4 Å². The summed E-state index contributed by atoms with van der Waals surface area (Å²) >= 11 is 5.82. The molecule has 2 aliphatic heterocycles. The summed E-state index contributed by atoms with van der Waals surface area (Å²) in [4.78, 5) is 27.2. The number of aromatic nitrogens is 2. The number of halogens is 2. The molecule has 4 rings (SSSR count). The van der Waals surface area contributed by atoms with Crippen LogP contribution in [-0.2, 0) is 27.3 Å². The van der Waals surface area contributed by atoms with Crippen molar-refractivity contribution in [2.24, 2.45) is 11.8 Å². The molecule has 7 nitrogen and oxygen atoms in total.